The molecule has 0 aromatic carbocycles. The largest absolute Gasteiger partial charge is 0.411 e. The standard InChI is InChI=1S/C15H30O2Si/c1-7-8-9-11-14(12-10-13-16)17-18(5,6)15(2,3)4/h7-9,11,14,16H,10,12-13H2,1-6H3/b8-7+,11-9+. The first-order chi connectivity index (χ1) is 8.24. The van der Waals surface area contributed by atoms with Crippen LogP contribution < -0.4 is 0 Å². The van der Waals surface area contributed by atoms with E-state index in [-0.39, 0.29) is 17.7 Å². The molecule has 0 amide bonds. The number of rotatable bonds is 7. The molecule has 0 bridgehead atoms. The van der Waals surface area contributed by atoms with Crippen LogP contribution in [0.25, 0.3) is 0 Å². The van der Waals surface area contributed by atoms with Gasteiger partial charge in [0.15, 0.2) is 8.32 Å². The molecule has 0 fully saturated rings. The first kappa shape index (κ1) is 17.6. The van der Waals surface area contributed by atoms with Gasteiger partial charge in [-0.05, 0) is 37.9 Å². The van der Waals surface area contributed by atoms with Gasteiger partial charge in [0.25, 0.3) is 0 Å². The van der Waals surface area contributed by atoms with Crippen LogP contribution in [0.15, 0.2) is 24.3 Å². The van der Waals surface area contributed by atoms with Crippen LogP contribution in [0.4, 0.5) is 0 Å². The Morgan fingerprint density at radius 1 is 1.22 bits per heavy atom. The van der Waals surface area contributed by atoms with E-state index in [0.29, 0.717) is 0 Å². The molecule has 1 N–H and O–H groups in total. The van der Waals surface area contributed by atoms with Gasteiger partial charge in [-0.1, -0.05) is 45.1 Å². The van der Waals surface area contributed by atoms with Crippen LogP contribution in [-0.4, -0.2) is 26.1 Å². The molecule has 0 saturated carbocycles. The third-order valence-corrected chi connectivity index (χ3v) is 8.03. The summed E-state index contributed by atoms with van der Waals surface area (Å²) < 4.78 is 6.36. The van der Waals surface area contributed by atoms with Crippen molar-refractivity contribution in [1.82, 2.24) is 0 Å². The number of hydrogen-bond donors (Lipinski definition) is 1. The van der Waals surface area contributed by atoms with Crippen LogP contribution in [0.2, 0.25) is 18.1 Å². The van der Waals surface area contributed by atoms with Gasteiger partial charge in [0.2, 0.25) is 0 Å². The van der Waals surface area contributed by atoms with E-state index in [4.69, 9.17) is 9.53 Å². The monoisotopic (exact) mass is 270 g/mol. The lowest BCUT2D eigenvalue weighted by molar-refractivity contribution is 0.194. The highest BCUT2D eigenvalue weighted by Crippen LogP contribution is 2.37. The Bertz CT molecular complexity index is 275. The lowest BCUT2D eigenvalue weighted by Crippen LogP contribution is -2.43. The van der Waals surface area contributed by atoms with Gasteiger partial charge in [0.05, 0.1) is 6.10 Å². The Labute approximate surface area is 114 Å². The smallest absolute Gasteiger partial charge is 0.192 e. The molecule has 0 aromatic rings. The van der Waals surface area contributed by atoms with E-state index in [1.54, 1.807) is 0 Å². The summed E-state index contributed by atoms with van der Waals surface area (Å²) in [6.45, 7) is 13.5. The summed E-state index contributed by atoms with van der Waals surface area (Å²) >= 11 is 0. The second kappa shape index (κ2) is 7.92. The van der Waals surface area contributed by atoms with Gasteiger partial charge in [-0.2, -0.15) is 0 Å². The summed E-state index contributed by atoms with van der Waals surface area (Å²) in [5.41, 5.74) is 0. The lowest BCUT2D eigenvalue weighted by Gasteiger charge is -2.38. The first-order valence-electron chi connectivity index (χ1n) is 6.82. The number of allylic oxidation sites excluding steroid dienone is 3. The van der Waals surface area contributed by atoms with Crippen molar-refractivity contribution in [3.8, 4) is 0 Å². The molecule has 106 valence electrons. The number of aliphatic hydroxyl groups excluding tert-OH is 1. The molecule has 1 atom stereocenters. The van der Waals surface area contributed by atoms with Gasteiger partial charge >= 0.3 is 0 Å². The minimum Gasteiger partial charge on any atom is -0.411 e. The fraction of sp³-hybridized carbons (Fsp3) is 0.733. The van der Waals surface area contributed by atoms with Crippen LogP contribution in [0, 0.1) is 0 Å². The van der Waals surface area contributed by atoms with Crippen molar-refractivity contribution in [1.29, 1.82) is 0 Å². The quantitative estimate of drug-likeness (QED) is 0.552. The predicted molar refractivity (Wildman–Crippen MR) is 82.3 cm³/mol. The predicted octanol–water partition coefficient (Wildman–Crippen LogP) is 4.28. The van der Waals surface area contributed by atoms with E-state index < -0.39 is 8.32 Å². The number of hydrogen-bond acceptors (Lipinski definition) is 2. The van der Waals surface area contributed by atoms with Gasteiger partial charge < -0.3 is 9.53 Å². The van der Waals surface area contributed by atoms with Crippen molar-refractivity contribution < 1.29 is 9.53 Å². The molecule has 0 rings (SSSR count). The third-order valence-electron chi connectivity index (χ3n) is 3.53. The molecule has 0 aliphatic carbocycles. The molecule has 0 heterocycles. The van der Waals surface area contributed by atoms with Gasteiger partial charge in [-0.25, -0.2) is 0 Å². The topological polar surface area (TPSA) is 29.5 Å². The summed E-state index contributed by atoms with van der Waals surface area (Å²) in [5, 5.41) is 9.18. The van der Waals surface area contributed by atoms with Crippen molar-refractivity contribution in [2.75, 3.05) is 6.61 Å². The van der Waals surface area contributed by atoms with Gasteiger partial charge in [-0.3, -0.25) is 0 Å². The van der Waals surface area contributed by atoms with Crippen molar-refractivity contribution in [2.24, 2.45) is 0 Å². The van der Waals surface area contributed by atoms with Crippen LogP contribution in [0.1, 0.15) is 40.5 Å². The summed E-state index contributed by atoms with van der Waals surface area (Å²) in [5.74, 6) is 0. The molecule has 3 heteroatoms. The Kier molecular flexibility index (Phi) is 7.75. The average molecular weight is 270 g/mol. The number of aliphatic hydroxyl groups is 1. The van der Waals surface area contributed by atoms with E-state index in [9.17, 15) is 0 Å². The van der Waals surface area contributed by atoms with E-state index >= 15 is 0 Å². The summed E-state index contributed by atoms with van der Waals surface area (Å²) in [7, 11) is -1.74. The van der Waals surface area contributed by atoms with E-state index in [1.165, 1.54) is 0 Å². The summed E-state index contributed by atoms with van der Waals surface area (Å²) in [4.78, 5) is 0. The molecule has 2 nitrogen and oxygen atoms in total. The normalized spacial score (nSPS) is 15.7. The maximum Gasteiger partial charge on any atom is 0.192 e. The van der Waals surface area contributed by atoms with E-state index in [0.717, 1.165) is 12.8 Å². The average Bonchev–Trinajstić information content (AvgIpc) is 2.24. The molecule has 0 aliphatic rings. The van der Waals surface area contributed by atoms with Crippen molar-refractivity contribution in [2.45, 2.75) is 64.8 Å². The lowest BCUT2D eigenvalue weighted by atomic mass is 10.2. The third kappa shape index (κ3) is 6.52. The molecule has 1 unspecified atom stereocenters. The summed E-state index contributed by atoms with van der Waals surface area (Å²) in [6, 6.07) is 0. The van der Waals surface area contributed by atoms with Gasteiger partial charge in [0.1, 0.15) is 0 Å². The molecule has 0 saturated heterocycles. The van der Waals surface area contributed by atoms with E-state index in [1.807, 2.05) is 25.2 Å². The van der Waals surface area contributed by atoms with Gasteiger partial charge in [0, 0.05) is 6.61 Å². The van der Waals surface area contributed by atoms with Gasteiger partial charge in [-0.15, -0.1) is 0 Å². The van der Waals surface area contributed by atoms with Crippen LogP contribution >= 0.6 is 0 Å². The van der Waals surface area contributed by atoms with Crippen molar-refractivity contribution in [3.63, 3.8) is 0 Å². The minimum absolute atomic E-state index is 0.120. The zero-order valence-electron chi connectivity index (χ0n) is 12.9. The molecule has 0 aliphatic heterocycles. The highest BCUT2D eigenvalue weighted by molar-refractivity contribution is 6.74. The molecule has 0 spiro atoms. The van der Waals surface area contributed by atoms with Crippen molar-refractivity contribution in [3.05, 3.63) is 24.3 Å². The Balaban J connectivity index is 4.67. The summed E-state index contributed by atoms with van der Waals surface area (Å²) in [6.07, 6.45) is 9.96. The highest BCUT2D eigenvalue weighted by Gasteiger charge is 2.38. The molecule has 0 aromatic heterocycles. The molecular formula is C15H30O2Si. The second-order valence-corrected chi connectivity index (χ2v) is 10.9. The zero-order chi connectivity index (χ0) is 14.2. The zero-order valence-corrected chi connectivity index (χ0v) is 13.9. The fourth-order valence-corrected chi connectivity index (χ4v) is 2.65. The van der Waals surface area contributed by atoms with Crippen molar-refractivity contribution >= 4 is 8.32 Å². The Hall–Kier alpha value is -0.383. The Morgan fingerprint density at radius 3 is 2.28 bits per heavy atom. The Morgan fingerprint density at radius 2 is 1.83 bits per heavy atom. The maximum atomic E-state index is 8.96. The highest BCUT2D eigenvalue weighted by atomic mass is 28.4. The fourth-order valence-electron chi connectivity index (χ4n) is 1.34. The molecule has 0 radical (unpaired) electrons. The second-order valence-electron chi connectivity index (χ2n) is 6.19. The minimum atomic E-state index is -1.74. The molecular weight excluding hydrogens is 240 g/mol. The van der Waals surface area contributed by atoms with Crippen LogP contribution in [0.3, 0.4) is 0 Å². The van der Waals surface area contributed by atoms with E-state index in [2.05, 4.69) is 39.9 Å². The van der Waals surface area contributed by atoms with Crippen LogP contribution in [-0.2, 0) is 4.43 Å². The van der Waals surface area contributed by atoms with Crippen LogP contribution in [0.5, 0.6) is 0 Å². The SMILES string of the molecule is C/C=C/C=C/C(CCCO)O[Si](C)(C)C(C)(C)C. The maximum absolute atomic E-state index is 8.96. The first-order valence-corrected chi connectivity index (χ1v) is 9.73. The molecule has 18 heavy (non-hydrogen) atoms.